The van der Waals surface area contributed by atoms with Crippen LogP contribution in [-0.2, 0) is 4.79 Å². The van der Waals surface area contributed by atoms with Gasteiger partial charge in [-0.2, -0.15) is 0 Å². The van der Waals surface area contributed by atoms with Crippen molar-refractivity contribution in [3.63, 3.8) is 0 Å². The number of hydrogen-bond donors (Lipinski definition) is 1. The van der Waals surface area contributed by atoms with Crippen molar-refractivity contribution in [2.75, 3.05) is 18.6 Å². The number of carbonyl (C=O) groups excluding carboxylic acids is 2. The van der Waals surface area contributed by atoms with Crippen LogP contribution < -0.4 is 14.4 Å². The van der Waals surface area contributed by atoms with Crippen molar-refractivity contribution in [1.82, 2.24) is 10.2 Å². The van der Waals surface area contributed by atoms with E-state index in [2.05, 4.69) is 17.1 Å². The summed E-state index contributed by atoms with van der Waals surface area (Å²) in [6.07, 6.45) is 1.87. The van der Waals surface area contributed by atoms with E-state index < -0.39 is 23.5 Å². The summed E-state index contributed by atoms with van der Waals surface area (Å²) in [5, 5.41) is 20.7. The Kier molecular flexibility index (Phi) is 6.66. The third-order valence-corrected chi connectivity index (χ3v) is 6.92. The first-order valence-electron chi connectivity index (χ1n) is 11.8. The van der Waals surface area contributed by atoms with Gasteiger partial charge in [-0.25, -0.2) is 0 Å². The molecule has 4 aromatic rings. The number of ketones is 1. The van der Waals surface area contributed by atoms with E-state index in [1.165, 1.54) is 23.3 Å². The first-order chi connectivity index (χ1) is 17.9. The van der Waals surface area contributed by atoms with Crippen LogP contribution in [-0.4, -0.2) is 40.7 Å². The van der Waals surface area contributed by atoms with Gasteiger partial charge in [0.1, 0.15) is 10.6 Å². The molecule has 2 aromatic heterocycles. The topological polar surface area (TPSA) is 115 Å². The molecule has 0 fully saturated rings. The molecule has 5 rings (SSSR count). The fourth-order valence-corrected chi connectivity index (χ4v) is 4.97. The van der Waals surface area contributed by atoms with Crippen LogP contribution in [0.3, 0.4) is 0 Å². The molecule has 1 atom stereocenters. The summed E-state index contributed by atoms with van der Waals surface area (Å²) in [6.45, 7) is 4.36. The van der Waals surface area contributed by atoms with Crippen LogP contribution in [0.25, 0.3) is 11.0 Å². The predicted molar refractivity (Wildman–Crippen MR) is 138 cm³/mol. The third-order valence-electron chi connectivity index (χ3n) is 6.08. The van der Waals surface area contributed by atoms with E-state index in [0.717, 1.165) is 18.2 Å². The average molecular weight is 520 g/mol. The molecule has 37 heavy (non-hydrogen) atoms. The summed E-state index contributed by atoms with van der Waals surface area (Å²) >= 11 is 1.18. The number of furan rings is 1. The number of aryl methyl sites for hydroxylation is 1. The Morgan fingerprint density at radius 1 is 1.16 bits per heavy atom. The molecule has 0 radical (unpaired) electrons. The van der Waals surface area contributed by atoms with Crippen molar-refractivity contribution in [1.29, 1.82) is 0 Å². The van der Waals surface area contributed by atoms with E-state index >= 15 is 0 Å². The zero-order chi connectivity index (χ0) is 26.1. The lowest BCUT2D eigenvalue weighted by atomic mass is 9.95. The number of unbranched alkanes of at least 4 members (excludes halogenated alkanes) is 1. The summed E-state index contributed by atoms with van der Waals surface area (Å²) in [6, 6.07) is 13.0. The molecule has 0 aliphatic carbocycles. The largest absolute Gasteiger partial charge is 0.503 e. The van der Waals surface area contributed by atoms with Crippen LogP contribution in [0.15, 0.2) is 64.3 Å². The Hall–Kier alpha value is -4.18. The summed E-state index contributed by atoms with van der Waals surface area (Å²) < 4.78 is 17.2. The maximum atomic E-state index is 13.8. The number of ether oxygens (including phenoxy) is 2. The number of aromatic nitrogens is 2. The maximum absolute atomic E-state index is 13.8. The molecule has 9 nitrogen and oxygen atoms in total. The Bertz CT molecular complexity index is 1490. The van der Waals surface area contributed by atoms with Crippen molar-refractivity contribution in [2.24, 2.45) is 0 Å². The predicted octanol–water partition coefficient (Wildman–Crippen LogP) is 5.56. The molecule has 1 aliphatic rings. The minimum Gasteiger partial charge on any atom is -0.503 e. The molecule has 3 heterocycles. The normalized spacial score (nSPS) is 15.6. The van der Waals surface area contributed by atoms with E-state index in [9.17, 15) is 14.7 Å². The molecule has 190 valence electrons. The van der Waals surface area contributed by atoms with Gasteiger partial charge in [-0.1, -0.05) is 48.9 Å². The van der Waals surface area contributed by atoms with E-state index in [4.69, 9.17) is 13.9 Å². The fourth-order valence-electron chi connectivity index (χ4n) is 4.26. The zero-order valence-corrected chi connectivity index (χ0v) is 21.4. The molecule has 0 saturated heterocycles. The van der Waals surface area contributed by atoms with Crippen molar-refractivity contribution >= 4 is 39.1 Å². The number of benzene rings is 2. The number of carbonyl (C=O) groups is 2. The number of Topliss-reactive ketones (excluding diaryl/α,β-unsaturated/α-hetero) is 1. The standard InChI is InChI=1S/C27H25N3O6S/c1-4-5-12-35-19-11-10-17(14-20(19)34-3)23-22(24(31)21-13-16-8-6-7-9-18(16)36-21)25(32)26(33)30(23)27-29-28-15(2)37-27/h6-11,13-14,23,32H,4-5,12H2,1-3H3. The number of nitrogens with zero attached hydrogens (tertiary/aromatic N) is 3. The lowest BCUT2D eigenvalue weighted by molar-refractivity contribution is -0.117. The van der Waals surface area contributed by atoms with Gasteiger partial charge < -0.3 is 19.0 Å². The molecule has 2 aromatic carbocycles. The van der Waals surface area contributed by atoms with Crippen molar-refractivity contribution in [3.8, 4) is 11.5 Å². The van der Waals surface area contributed by atoms with Crippen LogP contribution in [0.1, 0.15) is 46.9 Å². The fraction of sp³-hybridized carbons (Fsp3) is 0.259. The van der Waals surface area contributed by atoms with Crippen LogP contribution in [0.4, 0.5) is 5.13 Å². The number of amides is 1. The number of para-hydroxylation sites is 1. The molecule has 1 N–H and O–H groups in total. The summed E-state index contributed by atoms with van der Waals surface area (Å²) in [4.78, 5) is 28.4. The summed E-state index contributed by atoms with van der Waals surface area (Å²) in [7, 11) is 1.52. The second-order valence-electron chi connectivity index (χ2n) is 8.53. The molecule has 1 unspecified atom stereocenters. The lowest BCUT2D eigenvalue weighted by Gasteiger charge is -2.24. The van der Waals surface area contributed by atoms with E-state index in [1.54, 1.807) is 43.3 Å². The number of rotatable bonds is 9. The van der Waals surface area contributed by atoms with Gasteiger partial charge in [0.25, 0.3) is 5.91 Å². The molecule has 1 aliphatic heterocycles. The molecule has 10 heteroatoms. The Morgan fingerprint density at radius 3 is 2.68 bits per heavy atom. The number of aliphatic hydroxyl groups excluding tert-OH is 1. The third kappa shape index (κ3) is 4.44. The first-order valence-corrected chi connectivity index (χ1v) is 12.6. The number of aliphatic hydroxyl groups is 1. The van der Waals surface area contributed by atoms with Crippen LogP contribution in [0.2, 0.25) is 0 Å². The van der Waals surface area contributed by atoms with Crippen LogP contribution in [0, 0.1) is 6.92 Å². The smallest absolute Gasteiger partial charge is 0.296 e. The number of hydrogen-bond acceptors (Lipinski definition) is 9. The zero-order valence-electron chi connectivity index (χ0n) is 20.6. The van der Waals surface area contributed by atoms with E-state index in [1.807, 2.05) is 12.1 Å². The van der Waals surface area contributed by atoms with Gasteiger partial charge in [-0.15, -0.1) is 10.2 Å². The molecule has 0 bridgehead atoms. The summed E-state index contributed by atoms with van der Waals surface area (Å²) in [5.74, 6) is -1.01. The van der Waals surface area contributed by atoms with E-state index in [0.29, 0.717) is 34.3 Å². The minimum atomic E-state index is -0.987. The summed E-state index contributed by atoms with van der Waals surface area (Å²) in [5.41, 5.74) is 0.946. The van der Waals surface area contributed by atoms with Gasteiger partial charge in [0.05, 0.1) is 25.3 Å². The van der Waals surface area contributed by atoms with Crippen molar-refractivity contribution < 1.29 is 28.6 Å². The number of methoxy groups -OCH3 is 1. The van der Waals surface area contributed by atoms with E-state index in [-0.39, 0.29) is 16.5 Å². The van der Waals surface area contributed by atoms with Crippen LogP contribution >= 0.6 is 11.3 Å². The molecular formula is C27H25N3O6S. The van der Waals surface area contributed by atoms with Crippen molar-refractivity contribution in [2.45, 2.75) is 32.7 Å². The van der Waals surface area contributed by atoms with Crippen molar-refractivity contribution in [3.05, 3.63) is 76.2 Å². The van der Waals surface area contributed by atoms with Crippen LogP contribution in [0.5, 0.6) is 11.5 Å². The van der Waals surface area contributed by atoms with Gasteiger partial charge >= 0.3 is 0 Å². The number of fused-ring (bicyclic) bond motifs is 1. The first kappa shape index (κ1) is 24.5. The Balaban J connectivity index is 1.61. The maximum Gasteiger partial charge on any atom is 0.296 e. The molecule has 0 spiro atoms. The van der Waals surface area contributed by atoms with Gasteiger partial charge in [-0.05, 0) is 43.2 Å². The SMILES string of the molecule is CCCCOc1ccc(C2C(C(=O)c3cc4ccccc4o3)=C(O)C(=O)N2c2nnc(C)s2)cc1OC. The molecular weight excluding hydrogens is 494 g/mol. The lowest BCUT2D eigenvalue weighted by Crippen LogP contribution is -2.31. The minimum absolute atomic E-state index is 0.0160. The van der Waals surface area contributed by atoms with Gasteiger partial charge in [0.2, 0.25) is 10.9 Å². The highest BCUT2D eigenvalue weighted by atomic mass is 32.1. The van der Waals surface area contributed by atoms with Gasteiger partial charge in [-0.3, -0.25) is 14.5 Å². The Morgan fingerprint density at radius 2 is 1.97 bits per heavy atom. The van der Waals surface area contributed by atoms with Gasteiger partial charge in [0.15, 0.2) is 23.0 Å². The number of anilines is 1. The quantitative estimate of drug-likeness (QED) is 0.226. The Labute approximate surface area is 216 Å². The highest BCUT2D eigenvalue weighted by molar-refractivity contribution is 7.15. The molecule has 1 amide bonds. The molecule has 0 saturated carbocycles. The monoisotopic (exact) mass is 519 g/mol. The highest BCUT2D eigenvalue weighted by Crippen LogP contribution is 2.45. The van der Waals surface area contributed by atoms with Gasteiger partial charge in [0, 0.05) is 5.39 Å². The average Bonchev–Trinajstić information content (AvgIpc) is 3.60. The highest BCUT2D eigenvalue weighted by Gasteiger charge is 2.47. The second-order valence-corrected chi connectivity index (χ2v) is 9.69. The second kappa shape index (κ2) is 10.1.